The van der Waals surface area contributed by atoms with Crippen LogP contribution >= 0.6 is 11.6 Å². The van der Waals surface area contributed by atoms with Gasteiger partial charge in [0.25, 0.3) is 0 Å². The van der Waals surface area contributed by atoms with Gasteiger partial charge < -0.3 is 10.2 Å². The van der Waals surface area contributed by atoms with Crippen molar-refractivity contribution in [3.8, 4) is 6.07 Å². The van der Waals surface area contributed by atoms with Crippen LogP contribution in [0.25, 0.3) is 0 Å². The maximum absolute atomic E-state index is 10.4. The number of rotatable bonds is 1. The lowest BCUT2D eigenvalue weighted by Gasteiger charge is -2.19. The first-order chi connectivity index (χ1) is 9.54. The molecule has 1 fully saturated rings. The van der Waals surface area contributed by atoms with Crippen molar-refractivity contribution in [2.75, 3.05) is 6.54 Å². The normalized spacial score (nSPS) is 28.2. The van der Waals surface area contributed by atoms with Gasteiger partial charge >= 0.3 is 0 Å². The van der Waals surface area contributed by atoms with Crippen LogP contribution in [0.2, 0.25) is 5.02 Å². The molecule has 3 atom stereocenters. The first kappa shape index (κ1) is 13.4. The molecule has 0 bridgehead atoms. The second-order valence-corrected chi connectivity index (χ2v) is 5.53. The van der Waals surface area contributed by atoms with E-state index in [1.807, 2.05) is 6.07 Å². The molecule has 5 nitrogen and oxygen atoms in total. The Bertz CT molecular complexity index is 638. The summed E-state index contributed by atoms with van der Waals surface area (Å²) in [5.41, 5.74) is 2.36. The quantitative estimate of drug-likeness (QED) is 0.810. The molecule has 20 heavy (non-hydrogen) atoms. The second-order valence-electron chi connectivity index (χ2n) is 5.15. The van der Waals surface area contributed by atoms with Crippen molar-refractivity contribution in [3.63, 3.8) is 0 Å². The molecule has 0 aromatic heterocycles. The summed E-state index contributed by atoms with van der Waals surface area (Å²) in [6.45, 7) is 2.43. The van der Waals surface area contributed by atoms with Gasteiger partial charge in [-0.2, -0.15) is 10.4 Å². The van der Waals surface area contributed by atoms with Gasteiger partial charge in [-0.1, -0.05) is 17.7 Å². The largest absolute Gasteiger partial charge is 0.391 e. The molecule has 0 spiro atoms. The summed E-state index contributed by atoms with van der Waals surface area (Å²) >= 11 is 6.15. The summed E-state index contributed by atoms with van der Waals surface area (Å²) in [7, 11) is 0. The minimum absolute atomic E-state index is 0.376. The number of hydrazone groups is 1. The van der Waals surface area contributed by atoms with E-state index in [1.54, 1.807) is 24.1 Å². The zero-order chi connectivity index (χ0) is 14.4. The Morgan fingerprint density at radius 3 is 2.85 bits per heavy atom. The van der Waals surface area contributed by atoms with E-state index in [9.17, 15) is 10.2 Å². The highest BCUT2D eigenvalue weighted by Crippen LogP contribution is 2.32. The van der Waals surface area contributed by atoms with Gasteiger partial charge in [-0.25, -0.2) is 0 Å². The molecule has 1 aromatic rings. The van der Waals surface area contributed by atoms with Crippen molar-refractivity contribution in [1.29, 1.82) is 5.26 Å². The van der Waals surface area contributed by atoms with Crippen molar-refractivity contribution in [1.82, 2.24) is 5.01 Å². The number of hydrogen-bond acceptors (Lipinski definition) is 5. The van der Waals surface area contributed by atoms with E-state index in [1.165, 1.54) is 0 Å². The van der Waals surface area contributed by atoms with Crippen LogP contribution in [0.15, 0.2) is 17.2 Å². The van der Waals surface area contributed by atoms with Crippen LogP contribution in [-0.4, -0.2) is 45.7 Å². The Kier molecular flexibility index (Phi) is 3.17. The van der Waals surface area contributed by atoms with E-state index in [4.69, 9.17) is 16.9 Å². The monoisotopic (exact) mass is 291 g/mol. The molecule has 2 heterocycles. The number of aliphatic hydroxyl groups is 2. The van der Waals surface area contributed by atoms with Gasteiger partial charge in [0.05, 0.1) is 22.4 Å². The smallest absolute Gasteiger partial charge is 0.123 e. The second kappa shape index (κ2) is 4.74. The zero-order valence-electron chi connectivity index (χ0n) is 10.9. The minimum atomic E-state index is -0.838. The molecule has 0 aliphatic carbocycles. The van der Waals surface area contributed by atoms with Crippen molar-refractivity contribution in [2.24, 2.45) is 5.10 Å². The molecule has 0 radical (unpaired) electrons. The Balaban J connectivity index is 2.03. The molecule has 6 heteroatoms. The highest BCUT2D eigenvalue weighted by Gasteiger charge is 2.45. The third kappa shape index (κ3) is 1.80. The van der Waals surface area contributed by atoms with Crippen molar-refractivity contribution in [2.45, 2.75) is 31.6 Å². The van der Waals surface area contributed by atoms with E-state index in [0.717, 1.165) is 11.1 Å². The van der Waals surface area contributed by atoms with E-state index in [2.05, 4.69) is 5.10 Å². The first-order valence-electron chi connectivity index (χ1n) is 6.45. The molecule has 0 amide bonds. The number of benzene rings is 1. The van der Waals surface area contributed by atoms with Gasteiger partial charge in [-0.15, -0.1) is 0 Å². The highest BCUT2D eigenvalue weighted by atomic mass is 35.5. The van der Waals surface area contributed by atoms with Gasteiger partial charge in [-0.3, -0.25) is 5.01 Å². The lowest BCUT2D eigenvalue weighted by Crippen LogP contribution is -2.40. The molecule has 104 valence electrons. The Morgan fingerprint density at radius 2 is 2.20 bits per heavy atom. The summed E-state index contributed by atoms with van der Waals surface area (Å²) < 4.78 is 0. The van der Waals surface area contributed by atoms with Crippen molar-refractivity contribution < 1.29 is 10.2 Å². The number of aliphatic hydroxyl groups excluding tert-OH is 2. The number of nitriles is 1. The van der Waals surface area contributed by atoms with Gasteiger partial charge in [0.15, 0.2) is 0 Å². The van der Waals surface area contributed by atoms with Gasteiger partial charge in [0.2, 0.25) is 0 Å². The number of fused-ring (bicyclic) bond motifs is 1. The zero-order valence-corrected chi connectivity index (χ0v) is 11.7. The summed E-state index contributed by atoms with van der Waals surface area (Å²) in [6, 6.07) is 5.02. The summed E-state index contributed by atoms with van der Waals surface area (Å²) in [5, 5.41) is 35.8. The Hall–Kier alpha value is -1.61. The standard InChI is InChI=1S/C14H14ClN3O2/c1-7-9(3-2-8(6-16)11(7)15)12-14(20)13-10(19)4-5-18(13)17-12/h2-3,10,13-14,19-20H,4-5H2,1H3/t10-,13+,14-/m1/s1. The molecule has 2 N–H and O–H groups in total. The van der Waals surface area contributed by atoms with Gasteiger partial charge in [0.1, 0.15) is 18.2 Å². The lowest BCUT2D eigenvalue weighted by atomic mass is 9.94. The minimum Gasteiger partial charge on any atom is -0.391 e. The van der Waals surface area contributed by atoms with Crippen LogP contribution in [0.3, 0.4) is 0 Å². The van der Waals surface area contributed by atoms with E-state index in [-0.39, 0.29) is 6.04 Å². The van der Waals surface area contributed by atoms with Crippen LogP contribution in [0.1, 0.15) is 23.1 Å². The van der Waals surface area contributed by atoms with Crippen LogP contribution in [0.5, 0.6) is 0 Å². The molecule has 0 unspecified atom stereocenters. The summed E-state index contributed by atoms with van der Waals surface area (Å²) in [5.74, 6) is 0. The average molecular weight is 292 g/mol. The highest BCUT2D eigenvalue weighted by molar-refractivity contribution is 6.33. The fourth-order valence-electron chi connectivity index (χ4n) is 2.89. The molecule has 3 rings (SSSR count). The molecular formula is C14H14ClN3O2. The van der Waals surface area contributed by atoms with E-state index >= 15 is 0 Å². The molecular weight excluding hydrogens is 278 g/mol. The Morgan fingerprint density at radius 1 is 1.45 bits per heavy atom. The summed E-state index contributed by atoms with van der Waals surface area (Å²) in [4.78, 5) is 0. The predicted molar refractivity (Wildman–Crippen MR) is 74.6 cm³/mol. The molecule has 2 aliphatic heterocycles. The van der Waals surface area contributed by atoms with E-state index < -0.39 is 12.2 Å². The molecule has 2 aliphatic rings. The maximum Gasteiger partial charge on any atom is 0.123 e. The predicted octanol–water partition coefficient (Wildman–Crippen LogP) is 1.03. The number of halogens is 1. The van der Waals surface area contributed by atoms with Crippen LogP contribution in [-0.2, 0) is 0 Å². The number of hydrogen-bond donors (Lipinski definition) is 2. The topological polar surface area (TPSA) is 79.8 Å². The first-order valence-corrected chi connectivity index (χ1v) is 6.83. The Labute approximate surface area is 121 Å². The lowest BCUT2D eigenvalue weighted by molar-refractivity contribution is 0.0643. The summed E-state index contributed by atoms with van der Waals surface area (Å²) in [6.07, 6.45) is -0.790. The SMILES string of the molecule is Cc1c(C2=NN3CC[C@@H](O)[C@H]3[C@@H]2O)ccc(C#N)c1Cl. The van der Waals surface area contributed by atoms with Gasteiger partial charge in [-0.05, 0) is 25.0 Å². The van der Waals surface area contributed by atoms with E-state index in [0.29, 0.717) is 29.3 Å². The molecule has 1 saturated heterocycles. The fraction of sp³-hybridized carbons (Fsp3) is 0.429. The molecule has 1 aromatic carbocycles. The fourth-order valence-corrected chi connectivity index (χ4v) is 3.10. The number of nitrogens with zero attached hydrogens (tertiary/aromatic N) is 3. The van der Waals surface area contributed by atoms with Crippen LogP contribution < -0.4 is 0 Å². The van der Waals surface area contributed by atoms with Gasteiger partial charge in [0, 0.05) is 12.1 Å². The average Bonchev–Trinajstić information content (AvgIpc) is 2.95. The van der Waals surface area contributed by atoms with Crippen molar-refractivity contribution in [3.05, 3.63) is 33.8 Å². The van der Waals surface area contributed by atoms with Crippen LogP contribution in [0, 0.1) is 18.3 Å². The van der Waals surface area contributed by atoms with Crippen LogP contribution in [0.4, 0.5) is 0 Å². The van der Waals surface area contributed by atoms with Crippen molar-refractivity contribution >= 4 is 17.3 Å². The molecule has 0 saturated carbocycles. The third-order valence-electron chi connectivity index (χ3n) is 4.01. The maximum atomic E-state index is 10.4. The third-order valence-corrected chi connectivity index (χ3v) is 4.50.